The SMILES string of the molecule is C#CCC(CC)Nc1nccc(C#N)c1Cl. The summed E-state index contributed by atoms with van der Waals surface area (Å²) in [7, 11) is 0. The van der Waals surface area contributed by atoms with Crippen LogP contribution in [0.25, 0.3) is 0 Å². The van der Waals surface area contributed by atoms with E-state index in [1.54, 1.807) is 12.3 Å². The molecule has 1 aromatic heterocycles. The first kappa shape index (κ1) is 12.4. The topological polar surface area (TPSA) is 48.7 Å². The fourth-order valence-electron chi connectivity index (χ4n) is 1.26. The molecule has 4 heteroatoms. The Morgan fingerprint density at radius 1 is 1.69 bits per heavy atom. The van der Waals surface area contributed by atoms with E-state index in [1.807, 2.05) is 13.0 Å². The minimum atomic E-state index is 0.129. The summed E-state index contributed by atoms with van der Waals surface area (Å²) in [5.41, 5.74) is 0.412. The number of halogens is 1. The van der Waals surface area contributed by atoms with Crippen LogP contribution in [0.3, 0.4) is 0 Å². The predicted molar refractivity (Wildman–Crippen MR) is 65.1 cm³/mol. The van der Waals surface area contributed by atoms with Crippen molar-refractivity contribution in [1.82, 2.24) is 4.98 Å². The van der Waals surface area contributed by atoms with Crippen LogP contribution in [0.5, 0.6) is 0 Å². The molecule has 1 atom stereocenters. The summed E-state index contributed by atoms with van der Waals surface area (Å²) in [6, 6.07) is 3.71. The fraction of sp³-hybridized carbons (Fsp3) is 0.333. The molecule has 0 radical (unpaired) electrons. The van der Waals surface area contributed by atoms with Gasteiger partial charge in [-0.15, -0.1) is 12.3 Å². The highest BCUT2D eigenvalue weighted by Gasteiger charge is 2.10. The molecule has 0 fully saturated rings. The van der Waals surface area contributed by atoms with Crippen molar-refractivity contribution in [3.8, 4) is 18.4 Å². The second-order valence-corrected chi connectivity index (χ2v) is 3.67. The third-order valence-electron chi connectivity index (χ3n) is 2.21. The Balaban J connectivity index is 2.90. The number of rotatable bonds is 4. The first-order chi connectivity index (χ1) is 7.72. The van der Waals surface area contributed by atoms with Crippen molar-refractivity contribution in [1.29, 1.82) is 5.26 Å². The molecule has 1 unspecified atom stereocenters. The first-order valence-electron chi connectivity index (χ1n) is 4.97. The summed E-state index contributed by atoms with van der Waals surface area (Å²) < 4.78 is 0. The summed E-state index contributed by atoms with van der Waals surface area (Å²) in [5.74, 6) is 3.11. The molecule has 0 saturated heterocycles. The van der Waals surface area contributed by atoms with Gasteiger partial charge in [0.1, 0.15) is 16.9 Å². The molecule has 0 saturated carbocycles. The summed E-state index contributed by atoms with van der Waals surface area (Å²) in [6.07, 6.45) is 8.28. The molecule has 0 amide bonds. The van der Waals surface area contributed by atoms with Crippen LogP contribution in [0.15, 0.2) is 12.3 Å². The van der Waals surface area contributed by atoms with Gasteiger partial charge in [0.2, 0.25) is 0 Å². The molecule has 82 valence electrons. The van der Waals surface area contributed by atoms with E-state index in [2.05, 4.69) is 16.2 Å². The van der Waals surface area contributed by atoms with Gasteiger partial charge in [-0.3, -0.25) is 0 Å². The standard InChI is InChI=1S/C12H12ClN3/c1-3-5-10(4-2)16-12-11(13)9(8-14)6-7-15-12/h1,6-7,10H,4-5H2,2H3,(H,15,16). The number of nitriles is 1. The number of terminal acetylenes is 1. The average Bonchev–Trinajstić information content (AvgIpc) is 2.31. The van der Waals surface area contributed by atoms with Gasteiger partial charge in [-0.2, -0.15) is 5.26 Å². The minimum Gasteiger partial charge on any atom is -0.365 e. The van der Waals surface area contributed by atoms with E-state index in [0.29, 0.717) is 22.8 Å². The van der Waals surface area contributed by atoms with Crippen molar-refractivity contribution in [2.24, 2.45) is 0 Å². The lowest BCUT2D eigenvalue weighted by molar-refractivity contribution is 0.711. The minimum absolute atomic E-state index is 0.129. The zero-order valence-electron chi connectivity index (χ0n) is 9.00. The van der Waals surface area contributed by atoms with Crippen molar-refractivity contribution in [3.05, 3.63) is 22.8 Å². The van der Waals surface area contributed by atoms with E-state index in [1.165, 1.54) is 0 Å². The highest BCUT2D eigenvalue weighted by molar-refractivity contribution is 6.34. The Morgan fingerprint density at radius 2 is 2.44 bits per heavy atom. The smallest absolute Gasteiger partial charge is 0.146 e. The normalized spacial score (nSPS) is 11.2. The van der Waals surface area contributed by atoms with Gasteiger partial charge >= 0.3 is 0 Å². The molecule has 0 aliphatic rings. The molecule has 0 aromatic carbocycles. The van der Waals surface area contributed by atoms with Crippen molar-refractivity contribution in [2.45, 2.75) is 25.8 Å². The predicted octanol–water partition coefficient (Wildman–Crippen LogP) is 2.82. The molecule has 1 aromatic rings. The van der Waals surface area contributed by atoms with Gasteiger partial charge in [0.05, 0.1) is 5.56 Å². The van der Waals surface area contributed by atoms with E-state index in [9.17, 15) is 0 Å². The maximum atomic E-state index is 8.82. The zero-order chi connectivity index (χ0) is 12.0. The molecular weight excluding hydrogens is 222 g/mol. The van der Waals surface area contributed by atoms with Crippen molar-refractivity contribution in [3.63, 3.8) is 0 Å². The first-order valence-corrected chi connectivity index (χ1v) is 5.35. The van der Waals surface area contributed by atoms with Crippen LogP contribution >= 0.6 is 11.6 Å². The average molecular weight is 234 g/mol. The Labute approximate surface area is 100 Å². The second-order valence-electron chi connectivity index (χ2n) is 3.29. The third kappa shape index (κ3) is 2.89. The van der Waals surface area contributed by atoms with E-state index in [0.717, 1.165) is 6.42 Å². The highest BCUT2D eigenvalue weighted by Crippen LogP contribution is 2.24. The second kappa shape index (κ2) is 6.00. The lowest BCUT2D eigenvalue weighted by Gasteiger charge is -2.15. The van der Waals surface area contributed by atoms with Crippen LogP contribution in [0.1, 0.15) is 25.3 Å². The van der Waals surface area contributed by atoms with Crippen molar-refractivity contribution < 1.29 is 0 Å². The van der Waals surface area contributed by atoms with Crippen LogP contribution in [0, 0.1) is 23.7 Å². The Hall–Kier alpha value is -1.71. The summed E-state index contributed by atoms with van der Waals surface area (Å²) >= 11 is 6.01. The number of pyridine rings is 1. The maximum absolute atomic E-state index is 8.82. The van der Waals surface area contributed by atoms with Gasteiger partial charge in [0, 0.05) is 18.7 Å². The molecule has 1 rings (SSSR count). The van der Waals surface area contributed by atoms with Crippen LogP contribution < -0.4 is 5.32 Å². The molecule has 3 nitrogen and oxygen atoms in total. The molecular formula is C12H12ClN3. The van der Waals surface area contributed by atoms with Gasteiger partial charge in [0.25, 0.3) is 0 Å². The number of aromatic nitrogens is 1. The van der Waals surface area contributed by atoms with Crippen LogP contribution in [0.4, 0.5) is 5.82 Å². The lowest BCUT2D eigenvalue weighted by Crippen LogP contribution is -2.18. The molecule has 0 spiro atoms. The van der Waals surface area contributed by atoms with Crippen LogP contribution in [0.2, 0.25) is 5.02 Å². The summed E-state index contributed by atoms with van der Waals surface area (Å²) in [4.78, 5) is 4.09. The number of hydrogen-bond acceptors (Lipinski definition) is 3. The fourth-order valence-corrected chi connectivity index (χ4v) is 1.47. The number of nitrogens with one attached hydrogen (secondary N) is 1. The zero-order valence-corrected chi connectivity index (χ0v) is 9.75. The van der Waals surface area contributed by atoms with E-state index in [4.69, 9.17) is 23.3 Å². The van der Waals surface area contributed by atoms with Gasteiger partial charge in [-0.05, 0) is 12.5 Å². The highest BCUT2D eigenvalue weighted by atomic mass is 35.5. The largest absolute Gasteiger partial charge is 0.365 e. The van der Waals surface area contributed by atoms with E-state index < -0.39 is 0 Å². The van der Waals surface area contributed by atoms with Gasteiger partial charge in [-0.25, -0.2) is 4.98 Å². The maximum Gasteiger partial charge on any atom is 0.146 e. The van der Waals surface area contributed by atoms with Crippen LogP contribution in [-0.4, -0.2) is 11.0 Å². The molecule has 1 heterocycles. The number of hydrogen-bond donors (Lipinski definition) is 1. The Kier molecular flexibility index (Phi) is 4.64. The van der Waals surface area contributed by atoms with Crippen molar-refractivity contribution in [2.75, 3.05) is 5.32 Å². The van der Waals surface area contributed by atoms with E-state index >= 15 is 0 Å². The summed E-state index contributed by atoms with van der Waals surface area (Å²) in [5, 5.41) is 12.3. The number of anilines is 1. The molecule has 0 aliphatic heterocycles. The monoisotopic (exact) mass is 233 g/mol. The van der Waals surface area contributed by atoms with Crippen LogP contribution in [-0.2, 0) is 0 Å². The van der Waals surface area contributed by atoms with Gasteiger partial charge in [0.15, 0.2) is 0 Å². The van der Waals surface area contributed by atoms with Gasteiger partial charge < -0.3 is 5.32 Å². The molecule has 16 heavy (non-hydrogen) atoms. The third-order valence-corrected chi connectivity index (χ3v) is 2.59. The Morgan fingerprint density at radius 3 is 3.00 bits per heavy atom. The van der Waals surface area contributed by atoms with Gasteiger partial charge in [-0.1, -0.05) is 18.5 Å². The Bertz CT molecular complexity index is 443. The molecule has 0 bridgehead atoms. The van der Waals surface area contributed by atoms with Crippen molar-refractivity contribution >= 4 is 17.4 Å². The lowest BCUT2D eigenvalue weighted by atomic mass is 10.1. The molecule has 1 N–H and O–H groups in total. The number of nitrogens with zero attached hydrogens (tertiary/aromatic N) is 2. The quantitative estimate of drug-likeness (QED) is 0.814. The summed E-state index contributed by atoms with van der Waals surface area (Å²) in [6.45, 7) is 2.02. The molecule has 0 aliphatic carbocycles. The van der Waals surface area contributed by atoms with E-state index in [-0.39, 0.29) is 6.04 Å².